The molecular formula is C29H28ClN3O3. The highest BCUT2D eigenvalue weighted by Gasteiger charge is 2.20. The van der Waals surface area contributed by atoms with Crippen LogP contribution in [-0.4, -0.2) is 38.9 Å². The zero-order valence-electron chi connectivity index (χ0n) is 20.3. The van der Waals surface area contributed by atoms with Gasteiger partial charge in [-0.25, -0.2) is 9.97 Å². The molecule has 6 nitrogen and oxygen atoms in total. The van der Waals surface area contributed by atoms with E-state index >= 15 is 0 Å². The molecule has 1 N–H and O–H groups in total. The monoisotopic (exact) mass is 501 g/mol. The van der Waals surface area contributed by atoms with Gasteiger partial charge in [-0.15, -0.1) is 0 Å². The van der Waals surface area contributed by atoms with Crippen LogP contribution in [0.5, 0.6) is 0 Å². The number of carbonyl (C=O) groups excluding carboxylic acids is 1. The molecule has 0 bridgehead atoms. The second-order valence-electron chi connectivity index (χ2n) is 8.83. The predicted octanol–water partition coefficient (Wildman–Crippen LogP) is 6.58. The summed E-state index contributed by atoms with van der Waals surface area (Å²) in [4.78, 5) is 35.7. The number of aliphatic carboxylic acids is 1. The van der Waals surface area contributed by atoms with Gasteiger partial charge in [-0.2, -0.15) is 0 Å². The molecule has 0 aliphatic heterocycles. The lowest BCUT2D eigenvalue weighted by Gasteiger charge is -2.25. The molecule has 0 unspecified atom stereocenters. The Morgan fingerprint density at radius 1 is 0.944 bits per heavy atom. The van der Waals surface area contributed by atoms with Crippen LogP contribution in [-0.2, 0) is 11.2 Å². The Morgan fingerprint density at radius 2 is 1.67 bits per heavy atom. The van der Waals surface area contributed by atoms with Gasteiger partial charge in [0.2, 0.25) is 0 Å². The Bertz CT molecular complexity index is 1370. The van der Waals surface area contributed by atoms with Crippen molar-refractivity contribution >= 4 is 34.5 Å². The van der Waals surface area contributed by atoms with E-state index in [4.69, 9.17) is 26.7 Å². The van der Waals surface area contributed by atoms with E-state index in [9.17, 15) is 9.59 Å². The lowest BCUT2D eigenvalue weighted by atomic mass is 10.0. The van der Waals surface area contributed by atoms with Crippen LogP contribution in [0.3, 0.4) is 0 Å². The first-order valence-corrected chi connectivity index (χ1v) is 12.3. The van der Waals surface area contributed by atoms with Crippen molar-refractivity contribution in [3.63, 3.8) is 0 Å². The van der Waals surface area contributed by atoms with Gasteiger partial charge < -0.3 is 10.0 Å². The summed E-state index contributed by atoms with van der Waals surface area (Å²) < 4.78 is 0. The highest BCUT2D eigenvalue weighted by atomic mass is 35.5. The smallest absolute Gasteiger partial charge is 0.303 e. The molecule has 184 valence electrons. The maximum atomic E-state index is 13.3. The van der Waals surface area contributed by atoms with Gasteiger partial charge in [0.25, 0.3) is 5.91 Å². The minimum Gasteiger partial charge on any atom is -0.481 e. The van der Waals surface area contributed by atoms with Gasteiger partial charge >= 0.3 is 5.97 Å². The van der Waals surface area contributed by atoms with Crippen LogP contribution >= 0.6 is 11.6 Å². The summed E-state index contributed by atoms with van der Waals surface area (Å²) >= 11 is 6.01. The first-order chi connectivity index (χ1) is 17.3. The zero-order valence-corrected chi connectivity index (χ0v) is 21.1. The zero-order chi connectivity index (χ0) is 25.7. The molecule has 0 aliphatic carbocycles. The summed E-state index contributed by atoms with van der Waals surface area (Å²) in [6.07, 6.45) is 1.98. The second kappa shape index (κ2) is 11.3. The maximum Gasteiger partial charge on any atom is 0.303 e. The third-order valence-corrected chi connectivity index (χ3v) is 6.59. The van der Waals surface area contributed by atoms with Crippen molar-refractivity contribution in [2.24, 2.45) is 0 Å². The van der Waals surface area contributed by atoms with Crippen LogP contribution in [0.15, 0.2) is 72.8 Å². The lowest BCUT2D eigenvalue weighted by Crippen LogP contribution is -2.29. The van der Waals surface area contributed by atoms with Gasteiger partial charge in [-0.1, -0.05) is 54.1 Å². The molecule has 4 rings (SSSR count). The maximum absolute atomic E-state index is 13.3. The number of carbonyl (C=O) groups is 2. The van der Waals surface area contributed by atoms with Crippen molar-refractivity contribution in [1.82, 2.24) is 14.9 Å². The molecule has 4 aromatic rings. The molecule has 0 saturated carbocycles. The summed E-state index contributed by atoms with van der Waals surface area (Å²) in [5.74, 6) is -0.917. The highest BCUT2D eigenvalue weighted by molar-refractivity contribution is 6.30. The van der Waals surface area contributed by atoms with E-state index in [2.05, 4.69) is 0 Å². The molecule has 0 aliphatic rings. The number of aromatic nitrogens is 2. The van der Waals surface area contributed by atoms with E-state index in [1.54, 1.807) is 24.1 Å². The van der Waals surface area contributed by atoms with Crippen molar-refractivity contribution < 1.29 is 14.7 Å². The summed E-state index contributed by atoms with van der Waals surface area (Å²) in [5, 5.41) is 9.62. The Labute approximate surface area is 215 Å². The van der Waals surface area contributed by atoms with Crippen LogP contribution in [0.2, 0.25) is 5.02 Å². The van der Waals surface area contributed by atoms with Crippen LogP contribution in [0.25, 0.3) is 22.3 Å². The number of unbranched alkanes of at least 4 members (excludes halogenated alkanes) is 1. The number of aryl methyl sites for hydroxylation is 1. The van der Waals surface area contributed by atoms with Crippen LogP contribution < -0.4 is 0 Å². The van der Waals surface area contributed by atoms with Gasteiger partial charge in [-0.3, -0.25) is 9.59 Å². The number of amides is 1. The highest BCUT2D eigenvalue weighted by Crippen LogP contribution is 2.27. The first kappa shape index (κ1) is 25.3. The third kappa shape index (κ3) is 5.89. The van der Waals surface area contributed by atoms with Crippen LogP contribution in [0, 0.1) is 0 Å². The fourth-order valence-electron chi connectivity index (χ4n) is 4.14. The fraction of sp³-hybridized carbons (Fsp3) is 0.241. The number of hydrogen-bond donors (Lipinski definition) is 1. The van der Waals surface area contributed by atoms with Gasteiger partial charge in [0.1, 0.15) is 0 Å². The molecule has 36 heavy (non-hydrogen) atoms. The van der Waals surface area contributed by atoms with Crippen molar-refractivity contribution in [3.05, 3.63) is 94.6 Å². The van der Waals surface area contributed by atoms with E-state index in [1.807, 2.05) is 67.6 Å². The normalized spacial score (nSPS) is 11.9. The topological polar surface area (TPSA) is 83.4 Å². The summed E-state index contributed by atoms with van der Waals surface area (Å²) in [6, 6.07) is 22.6. The summed E-state index contributed by atoms with van der Waals surface area (Å²) in [7, 11) is 1.78. The van der Waals surface area contributed by atoms with Crippen LogP contribution in [0.1, 0.15) is 53.8 Å². The van der Waals surface area contributed by atoms with Crippen molar-refractivity contribution in [3.8, 4) is 11.3 Å². The Balaban J connectivity index is 1.64. The van der Waals surface area contributed by atoms with E-state index in [-0.39, 0.29) is 18.4 Å². The minimum absolute atomic E-state index is 0.115. The standard InChI is InChI=1S/C29H28ClN3O3/c1-19(20-12-15-23(30)16-13-20)33(2)29(36)22-14-17-24-26(18-22)31-25(10-6-7-11-27(34)35)28(32-24)21-8-4-3-5-9-21/h3-5,8-9,12-19H,6-7,10-11H2,1-2H3,(H,34,35)/t19-/m1/s1. The number of rotatable bonds is 9. The van der Waals surface area contributed by atoms with Crippen LogP contribution in [0.4, 0.5) is 0 Å². The minimum atomic E-state index is -0.803. The average Bonchev–Trinajstić information content (AvgIpc) is 2.90. The quantitative estimate of drug-likeness (QED) is 0.262. The first-order valence-electron chi connectivity index (χ1n) is 11.9. The number of halogens is 1. The number of fused-ring (bicyclic) bond motifs is 1. The van der Waals surface area contributed by atoms with Crippen molar-refractivity contribution in [2.45, 2.75) is 38.6 Å². The average molecular weight is 502 g/mol. The Morgan fingerprint density at radius 3 is 2.36 bits per heavy atom. The number of benzene rings is 3. The lowest BCUT2D eigenvalue weighted by molar-refractivity contribution is -0.137. The molecule has 0 saturated heterocycles. The van der Waals surface area contributed by atoms with Gasteiger partial charge in [-0.05, 0) is 62.1 Å². The van der Waals surface area contributed by atoms with E-state index < -0.39 is 5.97 Å². The number of carboxylic acid groups (broad SMARTS) is 1. The molecule has 0 spiro atoms. The molecule has 1 atom stereocenters. The molecule has 7 heteroatoms. The molecule has 0 fully saturated rings. The van der Waals surface area contributed by atoms with Crippen molar-refractivity contribution in [1.29, 1.82) is 0 Å². The molecule has 0 radical (unpaired) electrons. The summed E-state index contributed by atoms with van der Waals surface area (Å²) in [5.41, 5.74) is 5.40. The third-order valence-electron chi connectivity index (χ3n) is 6.34. The summed E-state index contributed by atoms with van der Waals surface area (Å²) in [6.45, 7) is 1.98. The van der Waals surface area contributed by atoms with Gasteiger partial charge in [0.15, 0.2) is 0 Å². The molecule has 1 amide bonds. The van der Waals surface area contributed by atoms with Crippen molar-refractivity contribution in [2.75, 3.05) is 7.05 Å². The second-order valence-corrected chi connectivity index (χ2v) is 9.27. The Kier molecular flexibility index (Phi) is 7.96. The van der Waals surface area contributed by atoms with Gasteiger partial charge in [0, 0.05) is 29.6 Å². The largest absolute Gasteiger partial charge is 0.481 e. The molecule has 1 aromatic heterocycles. The van der Waals surface area contributed by atoms with E-state index in [0.29, 0.717) is 40.9 Å². The number of carboxylic acids is 1. The Hall–Kier alpha value is -3.77. The predicted molar refractivity (Wildman–Crippen MR) is 142 cm³/mol. The number of hydrogen-bond acceptors (Lipinski definition) is 4. The van der Waals surface area contributed by atoms with E-state index in [0.717, 1.165) is 22.5 Å². The molecule has 3 aromatic carbocycles. The van der Waals surface area contributed by atoms with E-state index in [1.165, 1.54) is 0 Å². The number of nitrogens with zero attached hydrogens (tertiary/aromatic N) is 3. The molecular weight excluding hydrogens is 474 g/mol. The van der Waals surface area contributed by atoms with Gasteiger partial charge in [0.05, 0.1) is 28.5 Å². The SMILES string of the molecule is C[C@H](c1ccc(Cl)cc1)N(C)C(=O)c1ccc2nc(-c3ccccc3)c(CCCCC(=O)O)nc2c1. The fourth-order valence-corrected chi connectivity index (χ4v) is 4.26. The molecule has 1 heterocycles.